The highest BCUT2D eigenvalue weighted by molar-refractivity contribution is 7.90. The van der Waals surface area contributed by atoms with E-state index in [0.29, 0.717) is 5.56 Å². The number of halogens is 2. The summed E-state index contributed by atoms with van der Waals surface area (Å²) in [5.74, 6) is -2.77. The summed E-state index contributed by atoms with van der Waals surface area (Å²) in [6.45, 7) is 0. The Morgan fingerprint density at radius 1 is 0.852 bits per heavy atom. The number of benzene rings is 3. The van der Waals surface area contributed by atoms with Crippen LogP contribution >= 0.6 is 0 Å². The van der Waals surface area contributed by atoms with E-state index in [-0.39, 0.29) is 21.9 Å². The first kappa shape index (κ1) is 18.7. The lowest BCUT2D eigenvalue weighted by atomic mass is 10.1. The molecule has 0 aliphatic heterocycles. The molecule has 1 amide bonds. The zero-order chi connectivity index (χ0) is 19.4. The summed E-state index contributed by atoms with van der Waals surface area (Å²) in [5, 5.41) is 2.46. The summed E-state index contributed by atoms with van der Waals surface area (Å²) in [7, 11) is -3.48. The van der Waals surface area contributed by atoms with E-state index in [1.807, 2.05) is 0 Å². The second-order valence-electron chi connectivity index (χ2n) is 5.85. The second kappa shape index (κ2) is 7.67. The molecule has 0 radical (unpaired) electrons. The first-order valence-electron chi connectivity index (χ1n) is 7.98. The molecule has 3 rings (SSSR count). The lowest BCUT2D eigenvalue weighted by molar-refractivity contribution is 0.102. The van der Waals surface area contributed by atoms with Gasteiger partial charge in [0.1, 0.15) is 0 Å². The first-order valence-corrected chi connectivity index (χ1v) is 9.63. The molecule has 0 aliphatic carbocycles. The molecule has 138 valence electrons. The highest BCUT2D eigenvalue weighted by atomic mass is 32.2. The Morgan fingerprint density at radius 2 is 1.52 bits per heavy atom. The number of carbonyl (C=O) groups is 1. The molecule has 0 fully saturated rings. The standard InChI is InChI=1S/C20H15F2NO3S/c21-18-11-10-16(12-19(18)22)23-20(24)15-8-6-14(7-9-15)13-27(25,26)17-4-2-1-3-5-17/h1-12H,13H2,(H,23,24). The van der Waals surface area contributed by atoms with Crippen LogP contribution in [0.4, 0.5) is 14.5 Å². The molecule has 0 spiro atoms. The average molecular weight is 387 g/mol. The van der Waals surface area contributed by atoms with Gasteiger partial charge in [0.15, 0.2) is 21.5 Å². The van der Waals surface area contributed by atoms with Crippen molar-refractivity contribution in [3.05, 3.63) is 95.6 Å². The van der Waals surface area contributed by atoms with Gasteiger partial charge in [-0.25, -0.2) is 17.2 Å². The third-order valence-corrected chi connectivity index (χ3v) is 5.56. The van der Waals surface area contributed by atoms with E-state index >= 15 is 0 Å². The Kier molecular flexibility index (Phi) is 5.32. The third-order valence-electron chi connectivity index (χ3n) is 3.85. The molecule has 0 saturated carbocycles. The van der Waals surface area contributed by atoms with Gasteiger partial charge in [0, 0.05) is 17.3 Å². The molecule has 1 N–H and O–H groups in total. The molecule has 3 aromatic carbocycles. The van der Waals surface area contributed by atoms with E-state index in [4.69, 9.17) is 0 Å². The maximum atomic E-state index is 13.2. The van der Waals surface area contributed by atoms with E-state index in [1.54, 1.807) is 30.3 Å². The molecule has 7 heteroatoms. The highest BCUT2D eigenvalue weighted by Gasteiger charge is 2.15. The van der Waals surface area contributed by atoms with Crippen molar-refractivity contribution in [2.24, 2.45) is 0 Å². The molecule has 0 atom stereocenters. The van der Waals surface area contributed by atoms with E-state index in [2.05, 4.69) is 5.32 Å². The topological polar surface area (TPSA) is 63.2 Å². The number of hydrogen-bond acceptors (Lipinski definition) is 3. The summed E-state index contributed by atoms with van der Waals surface area (Å²) in [6, 6.07) is 17.2. The number of rotatable bonds is 5. The van der Waals surface area contributed by atoms with E-state index in [0.717, 1.165) is 12.1 Å². The van der Waals surface area contributed by atoms with Crippen LogP contribution in [-0.2, 0) is 15.6 Å². The van der Waals surface area contributed by atoms with Crippen molar-refractivity contribution in [1.82, 2.24) is 0 Å². The number of nitrogens with one attached hydrogen (secondary N) is 1. The monoisotopic (exact) mass is 387 g/mol. The molecule has 0 unspecified atom stereocenters. The van der Waals surface area contributed by atoms with Crippen molar-refractivity contribution in [3.63, 3.8) is 0 Å². The number of carbonyl (C=O) groups excluding carboxylic acids is 1. The maximum Gasteiger partial charge on any atom is 0.255 e. The van der Waals surface area contributed by atoms with Gasteiger partial charge in [-0.05, 0) is 42.0 Å². The minimum atomic E-state index is -3.48. The Morgan fingerprint density at radius 3 is 2.15 bits per heavy atom. The van der Waals surface area contributed by atoms with Gasteiger partial charge >= 0.3 is 0 Å². The lowest BCUT2D eigenvalue weighted by Gasteiger charge is -2.08. The normalized spacial score (nSPS) is 11.2. The average Bonchev–Trinajstić information content (AvgIpc) is 2.66. The fourth-order valence-corrected chi connectivity index (χ4v) is 3.83. The summed E-state index contributed by atoms with van der Waals surface area (Å²) in [6.07, 6.45) is 0. The number of amides is 1. The van der Waals surface area contributed by atoms with Crippen LogP contribution in [0.1, 0.15) is 15.9 Å². The van der Waals surface area contributed by atoms with Crippen LogP contribution in [0.2, 0.25) is 0 Å². The minimum absolute atomic E-state index is 0.120. The van der Waals surface area contributed by atoms with Crippen molar-refractivity contribution in [2.75, 3.05) is 5.32 Å². The van der Waals surface area contributed by atoms with Crippen LogP contribution in [0.5, 0.6) is 0 Å². The summed E-state index contributed by atoms with van der Waals surface area (Å²) < 4.78 is 50.9. The van der Waals surface area contributed by atoms with Crippen molar-refractivity contribution in [1.29, 1.82) is 0 Å². The predicted molar refractivity (Wildman–Crippen MR) is 98.1 cm³/mol. The zero-order valence-electron chi connectivity index (χ0n) is 14.0. The van der Waals surface area contributed by atoms with Gasteiger partial charge < -0.3 is 5.32 Å². The van der Waals surface area contributed by atoms with Crippen LogP contribution < -0.4 is 5.32 Å². The Balaban J connectivity index is 1.71. The van der Waals surface area contributed by atoms with E-state index < -0.39 is 27.4 Å². The molecule has 27 heavy (non-hydrogen) atoms. The molecule has 0 bridgehead atoms. The minimum Gasteiger partial charge on any atom is -0.322 e. The van der Waals surface area contributed by atoms with Crippen molar-refractivity contribution in [3.8, 4) is 0 Å². The largest absolute Gasteiger partial charge is 0.322 e. The zero-order valence-corrected chi connectivity index (χ0v) is 14.8. The van der Waals surface area contributed by atoms with Gasteiger partial charge in [-0.15, -0.1) is 0 Å². The molecule has 0 heterocycles. The molecular weight excluding hydrogens is 372 g/mol. The van der Waals surface area contributed by atoms with Gasteiger partial charge in [-0.1, -0.05) is 30.3 Å². The molecule has 3 aromatic rings. The van der Waals surface area contributed by atoms with Crippen LogP contribution in [-0.4, -0.2) is 14.3 Å². The van der Waals surface area contributed by atoms with E-state index in [1.165, 1.54) is 30.3 Å². The quantitative estimate of drug-likeness (QED) is 0.714. The maximum absolute atomic E-state index is 13.2. The molecule has 4 nitrogen and oxygen atoms in total. The Labute approximate surface area is 155 Å². The van der Waals surface area contributed by atoms with Crippen LogP contribution in [0.25, 0.3) is 0 Å². The van der Waals surface area contributed by atoms with Crippen molar-refractivity contribution < 1.29 is 22.0 Å². The predicted octanol–water partition coefficient (Wildman–Crippen LogP) is 4.19. The molecule has 0 aliphatic rings. The second-order valence-corrected chi connectivity index (χ2v) is 7.84. The van der Waals surface area contributed by atoms with Crippen LogP contribution in [0.3, 0.4) is 0 Å². The molecular formula is C20H15F2NO3S. The number of sulfone groups is 1. The van der Waals surface area contributed by atoms with Gasteiger partial charge in [-0.2, -0.15) is 0 Å². The van der Waals surface area contributed by atoms with Gasteiger partial charge in [0.25, 0.3) is 5.91 Å². The third kappa shape index (κ3) is 4.57. The smallest absolute Gasteiger partial charge is 0.255 e. The molecule has 0 aromatic heterocycles. The number of hydrogen-bond donors (Lipinski definition) is 1. The fourth-order valence-electron chi connectivity index (χ4n) is 2.46. The van der Waals surface area contributed by atoms with Crippen molar-refractivity contribution >= 4 is 21.4 Å². The van der Waals surface area contributed by atoms with Crippen molar-refractivity contribution in [2.45, 2.75) is 10.6 Å². The van der Waals surface area contributed by atoms with Crippen LogP contribution in [0, 0.1) is 11.6 Å². The van der Waals surface area contributed by atoms with Crippen LogP contribution in [0.15, 0.2) is 77.7 Å². The lowest BCUT2D eigenvalue weighted by Crippen LogP contribution is -2.12. The SMILES string of the molecule is O=C(Nc1ccc(F)c(F)c1)c1ccc(CS(=O)(=O)c2ccccc2)cc1. The molecule has 0 saturated heterocycles. The summed E-state index contributed by atoms with van der Waals surface area (Å²) in [5.41, 5.74) is 0.915. The van der Waals surface area contributed by atoms with E-state index in [9.17, 15) is 22.0 Å². The van der Waals surface area contributed by atoms with Gasteiger partial charge in [0.2, 0.25) is 0 Å². The first-order chi connectivity index (χ1) is 12.8. The fraction of sp³-hybridized carbons (Fsp3) is 0.0500. The summed E-state index contributed by atoms with van der Waals surface area (Å²) >= 11 is 0. The highest BCUT2D eigenvalue weighted by Crippen LogP contribution is 2.18. The number of anilines is 1. The van der Waals surface area contributed by atoms with Gasteiger partial charge in [-0.3, -0.25) is 4.79 Å². The Hall–Kier alpha value is -3.06. The van der Waals surface area contributed by atoms with Gasteiger partial charge in [0.05, 0.1) is 10.6 Å². The Bertz CT molecular complexity index is 1070. The summed E-state index contributed by atoms with van der Waals surface area (Å²) in [4.78, 5) is 12.4.